The Hall–Kier alpha value is -1.86. The Morgan fingerprint density at radius 2 is 1.67 bits per heavy atom. The molecule has 0 unspecified atom stereocenters. The molecule has 152 valence electrons. The minimum atomic E-state index is -1.80. The molecule has 6 nitrogen and oxygen atoms in total. The molecule has 1 rings (SSSR count). The Balaban J connectivity index is 2.45. The molecule has 0 bridgehead atoms. The van der Waals surface area contributed by atoms with E-state index in [1.807, 2.05) is 12.1 Å². The molecular formula is C20H34N2O4Si. The molecule has 0 heterocycles. The molecule has 7 heteroatoms. The van der Waals surface area contributed by atoms with Crippen molar-refractivity contribution in [3.63, 3.8) is 0 Å². The van der Waals surface area contributed by atoms with E-state index in [-0.39, 0.29) is 16.9 Å². The van der Waals surface area contributed by atoms with E-state index in [0.717, 1.165) is 5.69 Å². The second kappa shape index (κ2) is 9.89. The zero-order chi connectivity index (χ0) is 20.7. The standard InChI is InChI=1S/C20H34N2O4Si/c1-16(23)22(14-15-25-27(6,7)20(3,4)5)13-12-21-18-8-10-19(11-9-18)26-17(2)24/h8-11,21H,12-15H2,1-7H3. The summed E-state index contributed by atoms with van der Waals surface area (Å²) in [7, 11) is -1.80. The smallest absolute Gasteiger partial charge is 0.308 e. The third-order valence-electron chi connectivity index (χ3n) is 4.90. The van der Waals surface area contributed by atoms with Crippen molar-refractivity contribution >= 4 is 25.9 Å². The van der Waals surface area contributed by atoms with Crippen molar-refractivity contribution in [2.24, 2.45) is 0 Å². The average Bonchev–Trinajstić information content (AvgIpc) is 2.53. The monoisotopic (exact) mass is 394 g/mol. The number of rotatable bonds is 9. The van der Waals surface area contributed by atoms with Gasteiger partial charge >= 0.3 is 5.97 Å². The molecule has 1 aromatic carbocycles. The molecule has 1 N–H and O–H groups in total. The zero-order valence-electron chi connectivity index (χ0n) is 17.7. The van der Waals surface area contributed by atoms with Crippen LogP contribution in [0.4, 0.5) is 5.69 Å². The summed E-state index contributed by atoms with van der Waals surface area (Å²) >= 11 is 0. The van der Waals surface area contributed by atoms with Gasteiger partial charge < -0.3 is 19.4 Å². The molecular weight excluding hydrogens is 360 g/mol. The first-order valence-electron chi connectivity index (χ1n) is 9.34. The number of esters is 1. The van der Waals surface area contributed by atoms with Crippen molar-refractivity contribution < 1.29 is 18.8 Å². The molecule has 0 saturated carbocycles. The number of hydrogen-bond donors (Lipinski definition) is 1. The number of hydrogen-bond acceptors (Lipinski definition) is 5. The number of nitrogens with one attached hydrogen (secondary N) is 1. The van der Waals surface area contributed by atoms with Crippen LogP contribution in [-0.4, -0.2) is 51.3 Å². The lowest BCUT2D eigenvalue weighted by molar-refractivity contribution is -0.132. The third kappa shape index (κ3) is 8.13. The number of ether oxygens (including phenoxy) is 1. The number of anilines is 1. The Kier molecular flexibility index (Phi) is 8.49. The third-order valence-corrected chi connectivity index (χ3v) is 9.44. The maximum atomic E-state index is 11.9. The number of amides is 1. The van der Waals surface area contributed by atoms with Gasteiger partial charge in [0.05, 0.1) is 6.61 Å². The molecule has 0 radical (unpaired) electrons. The lowest BCUT2D eigenvalue weighted by atomic mass is 10.2. The molecule has 0 fully saturated rings. The van der Waals surface area contributed by atoms with E-state index in [9.17, 15) is 9.59 Å². The molecule has 0 saturated heterocycles. The van der Waals surface area contributed by atoms with Crippen molar-refractivity contribution in [1.29, 1.82) is 0 Å². The second-order valence-electron chi connectivity index (χ2n) is 8.16. The predicted octanol–water partition coefficient (Wildman–Crippen LogP) is 3.89. The minimum absolute atomic E-state index is 0.0424. The fraction of sp³-hybridized carbons (Fsp3) is 0.600. The molecule has 1 aromatic rings. The number of carbonyl (C=O) groups is 2. The van der Waals surface area contributed by atoms with Crippen LogP contribution < -0.4 is 10.1 Å². The van der Waals surface area contributed by atoms with Gasteiger partial charge in [-0.25, -0.2) is 0 Å². The minimum Gasteiger partial charge on any atom is -0.427 e. The van der Waals surface area contributed by atoms with Gasteiger partial charge in [0.25, 0.3) is 0 Å². The van der Waals surface area contributed by atoms with Gasteiger partial charge in [-0.15, -0.1) is 0 Å². The van der Waals surface area contributed by atoms with Crippen molar-refractivity contribution in [3.05, 3.63) is 24.3 Å². The van der Waals surface area contributed by atoms with Crippen LogP contribution >= 0.6 is 0 Å². The average molecular weight is 395 g/mol. The Morgan fingerprint density at radius 1 is 1.07 bits per heavy atom. The fourth-order valence-corrected chi connectivity index (χ4v) is 3.23. The van der Waals surface area contributed by atoms with E-state index in [1.165, 1.54) is 6.92 Å². The highest BCUT2D eigenvalue weighted by Crippen LogP contribution is 2.36. The van der Waals surface area contributed by atoms with E-state index in [0.29, 0.717) is 32.0 Å². The number of nitrogens with zero attached hydrogens (tertiary/aromatic N) is 1. The largest absolute Gasteiger partial charge is 0.427 e. The second-order valence-corrected chi connectivity index (χ2v) is 13.0. The van der Waals surface area contributed by atoms with Crippen LogP contribution in [0.25, 0.3) is 0 Å². The predicted molar refractivity (Wildman–Crippen MR) is 112 cm³/mol. The van der Waals surface area contributed by atoms with Gasteiger partial charge in [-0.2, -0.15) is 0 Å². The van der Waals surface area contributed by atoms with Gasteiger partial charge in [0.1, 0.15) is 5.75 Å². The molecule has 0 aromatic heterocycles. The SMILES string of the molecule is CC(=O)Oc1ccc(NCCN(CCO[Si](C)(C)C(C)(C)C)C(C)=O)cc1. The van der Waals surface area contributed by atoms with Crippen molar-refractivity contribution in [3.8, 4) is 5.75 Å². The summed E-state index contributed by atoms with van der Waals surface area (Å²) < 4.78 is 11.2. The number of benzene rings is 1. The highest BCUT2D eigenvalue weighted by Gasteiger charge is 2.37. The Bertz CT molecular complexity index is 624. The molecule has 0 atom stereocenters. The molecule has 27 heavy (non-hydrogen) atoms. The Labute approximate surface area is 164 Å². The lowest BCUT2D eigenvalue weighted by Crippen LogP contribution is -2.44. The first-order chi connectivity index (χ1) is 12.4. The normalized spacial score (nSPS) is 11.8. The zero-order valence-corrected chi connectivity index (χ0v) is 18.7. The first-order valence-corrected chi connectivity index (χ1v) is 12.2. The van der Waals surface area contributed by atoms with Crippen LogP contribution in [0.15, 0.2) is 24.3 Å². The maximum absolute atomic E-state index is 11.9. The highest BCUT2D eigenvalue weighted by molar-refractivity contribution is 6.74. The van der Waals surface area contributed by atoms with Crippen LogP contribution in [-0.2, 0) is 14.0 Å². The van der Waals surface area contributed by atoms with Gasteiger partial charge in [-0.3, -0.25) is 9.59 Å². The summed E-state index contributed by atoms with van der Waals surface area (Å²) in [6, 6.07) is 7.16. The van der Waals surface area contributed by atoms with E-state index in [2.05, 4.69) is 39.2 Å². The van der Waals surface area contributed by atoms with Gasteiger partial charge in [0.15, 0.2) is 8.32 Å². The molecule has 0 aliphatic carbocycles. The van der Waals surface area contributed by atoms with E-state index in [4.69, 9.17) is 9.16 Å². The summed E-state index contributed by atoms with van der Waals surface area (Å²) in [6.45, 7) is 16.4. The Morgan fingerprint density at radius 3 is 2.15 bits per heavy atom. The van der Waals surface area contributed by atoms with Crippen LogP contribution in [0, 0.1) is 0 Å². The quantitative estimate of drug-likeness (QED) is 0.391. The summed E-state index contributed by atoms with van der Waals surface area (Å²) in [4.78, 5) is 24.6. The van der Waals surface area contributed by atoms with Crippen LogP contribution in [0.1, 0.15) is 34.6 Å². The molecule has 0 spiro atoms. The summed E-state index contributed by atoms with van der Waals surface area (Å²) in [5.74, 6) is 0.217. The summed E-state index contributed by atoms with van der Waals surface area (Å²) in [5.41, 5.74) is 0.909. The molecule has 1 amide bonds. The van der Waals surface area contributed by atoms with Gasteiger partial charge in [0, 0.05) is 39.2 Å². The number of carbonyl (C=O) groups excluding carboxylic acids is 2. The van der Waals surface area contributed by atoms with Crippen LogP contribution in [0.5, 0.6) is 5.75 Å². The van der Waals surface area contributed by atoms with Crippen molar-refractivity contribution in [2.75, 3.05) is 31.6 Å². The van der Waals surface area contributed by atoms with E-state index < -0.39 is 8.32 Å². The van der Waals surface area contributed by atoms with Gasteiger partial charge in [0.2, 0.25) is 5.91 Å². The fourth-order valence-electron chi connectivity index (χ4n) is 2.20. The van der Waals surface area contributed by atoms with E-state index >= 15 is 0 Å². The molecule has 0 aliphatic heterocycles. The van der Waals surface area contributed by atoms with Crippen LogP contribution in [0.3, 0.4) is 0 Å². The molecule has 0 aliphatic rings. The van der Waals surface area contributed by atoms with Crippen LogP contribution in [0.2, 0.25) is 18.1 Å². The first kappa shape index (κ1) is 23.2. The van der Waals surface area contributed by atoms with Crippen molar-refractivity contribution in [1.82, 2.24) is 4.90 Å². The highest BCUT2D eigenvalue weighted by atomic mass is 28.4. The van der Waals surface area contributed by atoms with E-state index in [1.54, 1.807) is 24.0 Å². The topological polar surface area (TPSA) is 67.9 Å². The summed E-state index contributed by atoms with van der Waals surface area (Å²) in [5, 5.41) is 3.44. The lowest BCUT2D eigenvalue weighted by Gasteiger charge is -2.36. The van der Waals surface area contributed by atoms with Gasteiger partial charge in [-0.05, 0) is 42.4 Å². The van der Waals surface area contributed by atoms with Gasteiger partial charge in [-0.1, -0.05) is 20.8 Å². The van der Waals surface area contributed by atoms with Crippen molar-refractivity contribution in [2.45, 2.75) is 52.8 Å². The maximum Gasteiger partial charge on any atom is 0.308 e. The summed E-state index contributed by atoms with van der Waals surface area (Å²) in [6.07, 6.45) is 0.